The van der Waals surface area contributed by atoms with Crippen molar-refractivity contribution in [2.75, 3.05) is 6.61 Å². The smallest absolute Gasteiger partial charge is 0.342 e. The third-order valence-electron chi connectivity index (χ3n) is 2.38. The number of nitrogens with two attached hydrogens (primary N) is 1. The van der Waals surface area contributed by atoms with Crippen molar-refractivity contribution in [1.82, 2.24) is 0 Å². The number of hydrogen-bond acceptors (Lipinski definition) is 4. The van der Waals surface area contributed by atoms with Crippen molar-refractivity contribution in [3.05, 3.63) is 35.4 Å². The first-order valence-electron chi connectivity index (χ1n) is 5.37. The summed E-state index contributed by atoms with van der Waals surface area (Å²) in [7, 11) is 0. The second-order valence-electron chi connectivity index (χ2n) is 3.57. The molecule has 3 N–H and O–H groups in total. The molecule has 0 fully saturated rings. The van der Waals surface area contributed by atoms with Crippen LogP contribution in [0.3, 0.4) is 0 Å². The zero-order valence-corrected chi connectivity index (χ0v) is 11.0. The van der Waals surface area contributed by atoms with Crippen LogP contribution in [-0.4, -0.2) is 29.8 Å². The van der Waals surface area contributed by atoms with Crippen LogP contribution >= 0.6 is 12.4 Å². The number of carboxylic acid groups (broad SMARTS) is 1. The van der Waals surface area contributed by atoms with Crippen LogP contribution in [0, 0.1) is 0 Å². The Kier molecular flexibility index (Phi) is 7.03. The number of benzene rings is 1. The quantitative estimate of drug-likeness (QED) is 0.806. The Morgan fingerprint density at radius 3 is 2.53 bits per heavy atom. The van der Waals surface area contributed by atoms with Gasteiger partial charge in [-0.25, -0.2) is 14.0 Å². The van der Waals surface area contributed by atoms with E-state index in [0.29, 0.717) is 0 Å². The van der Waals surface area contributed by atoms with E-state index >= 15 is 0 Å². The highest BCUT2D eigenvalue weighted by molar-refractivity contribution is 5.90. The van der Waals surface area contributed by atoms with Gasteiger partial charge in [-0.05, 0) is 18.6 Å². The zero-order chi connectivity index (χ0) is 13.7. The molecule has 0 spiro atoms. The second kappa shape index (κ2) is 7.70. The molecule has 2 atom stereocenters. The summed E-state index contributed by atoms with van der Waals surface area (Å²) in [6.07, 6.45) is -2.09. The maximum Gasteiger partial charge on any atom is 0.342 e. The molecule has 0 bridgehead atoms. The summed E-state index contributed by atoms with van der Waals surface area (Å²) in [5, 5.41) is 8.94. The molecule has 0 radical (unpaired) electrons. The molecule has 0 amide bonds. The summed E-state index contributed by atoms with van der Waals surface area (Å²) >= 11 is 0. The highest BCUT2D eigenvalue weighted by Crippen LogP contribution is 2.22. The summed E-state index contributed by atoms with van der Waals surface area (Å²) in [6, 6.07) is 4.34. The molecule has 106 valence electrons. The van der Waals surface area contributed by atoms with E-state index in [2.05, 4.69) is 4.74 Å². The van der Waals surface area contributed by atoms with Gasteiger partial charge in [-0.2, -0.15) is 0 Å². The average molecular weight is 292 g/mol. The minimum absolute atomic E-state index is 0. The number of rotatable bonds is 5. The van der Waals surface area contributed by atoms with Gasteiger partial charge in [0, 0.05) is 0 Å². The van der Waals surface area contributed by atoms with E-state index in [1.54, 1.807) is 6.92 Å². The summed E-state index contributed by atoms with van der Waals surface area (Å²) in [6.45, 7) is 1.58. The van der Waals surface area contributed by atoms with Crippen molar-refractivity contribution in [2.45, 2.75) is 19.1 Å². The molecule has 19 heavy (non-hydrogen) atoms. The van der Waals surface area contributed by atoms with Gasteiger partial charge in [0.15, 0.2) is 0 Å². The molecule has 0 saturated heterocycles. The Bertz CT molecular complexity index is 455. The van der Waals surface area contributed by atoms with Crippen molar-refractivity contribution in [1.29, 1.82) is 0 Å². The lowest BCUT2D eigenvalue weighted by atomic mass is 9.97. The Labute approximate surface area is 116 Å². The van der Waals surface area contributed by atoms with E-state index in [1.165, 1.54) is 24.3 Å². The van der Waals surface area contributed by atoms with Crippen LogP contribution in [-0.2, 0) is 9.53 Å². The first kappa shape index (κ1) is 17.3. The standard InChI is InChI=1S/C12H14FNO4.ClH/c1-2-18-12(17)9(13)10(14)7-5-3-4-6-8(7)11(15)16;/h3-6,9-10H,2,14H2,1H3,(H,15,16);1H/t9?,10-;/m0./s1. The molecule has 0 aromatic heterocycles. The van der Waals surface area contributed by atoms with Crippen molar-refractivity contribution in [2.24, 2.45) is 5.73 Å². The van der Waals surface area contributed by atoms with Gasteiger partial charge in [-0.3, -0.25) is 0 Å². The van der Waals surface area contributed by atoms with E-state index in [0.717, 1.165) is 0 Å². The first-order chi connectivity index (χ1) is 8.49. The van der Waals surface area contributed by atoms with Crippen LogP contribution in [0.5, 0.6) is 0 Å². The van der Waals surface area contributed by atoms with Gasteiger partial charge in [0.25, 0.3) is 0 Å². The van der Waals surface area contributed by atoms with Crippen LogP contribution in [0.1, 0.15) is 28.9 Å². The van der Waals surface area contributed by atoms with E-state index in [4.69, 9.17) is 10.8 Å². The van der Waals surface area contributed by atoms with Crippen molar-refractivity contribution >= 4 is 24.3 Å². The van der Waals surface area contributed by atoms with Crippen molar-refractivity contribution < 1.29 is 23.8 Å². The fourth-order valence-corrected chi connectivity index (χ4v) is 1.51. The van der Waals surface area contributed by atoms with E-state index in [1.807, 2.05) is 0 Å². The second-order valence-corrected chi connectivity index (χ2v) is 3.57. The van der Waals surface area contributed by atoms with Gasteiger partial charge in [-0.15, -0.1) is 12.4 Å². The van der Waals surface area contributed by atoms with E-state index < -0.39 is 24.2 Å². The number of halogens is 2. The Balaban J connectivity index is 0.00000324. The normalized spacial score (nSPS) is 13.0. The molecule has 1 rings (SSSR count). The monoisotopic (exact) mass is 291 g/mol. The fraction of sp³-hybridized carbons (Fsp3) is 0.333. The largest absolute Gasteiger partial charge is 0.478 e. The molecular weight excluding hydrogens is 277 g/mol. The third-order valence-corrected chi connectivity index (χ3v) is 2.38. The molecule has 1 aromatic rings. The fourth-order valence-electron chi connectivity index (χ4n) is 1.51. The lowest BCUT2D eigenvalue weighted by molar-refractivity contribution is -0.149. The van der Waals surface area contributed by atoms with Crippen LogP contribution in [0.15, 0.2) is 24.3 Å². The van der Waals surface area contributed by atoms with Crippen LogP contribution in [0.2, 0.25) is 0 Å². The van der Waals surface area contributed by atoms with Crippen LogP contribution in [0.4, 0.5) is 4.39 Å². The Morgan fingerprint density at radius 1 is 1.42 bits per heavy atom. The van der Waals surface area contributed by atoms with Crippen LogP contribution < -0.4 is 5.73 Å². The highest BCUT2D eigenvalue weighted by Gasteiger charge is 2.30. The molecule has 1 aromatic carbocycles. The molecule has 0 aliphatic rings. The Morgan fingerprint density at radius 2 is 2.00 bits per heavy atom. The molecule has 0 saturated carbocycles. The molecule has 0 aliphatic carbocycles. The molecule has 0 heterocycles. The first-order valence-corrected chi connectivity index (χ1v) is 5.37. The third kappa shape index (κ3) is 4.18. The number of carboxylic acids is 1. The predicted octanol–water partition coefficient (Wildman–Crippen LogP) is 1.71. The van der Waals surface area contributed by atoms with Gasteiger partial charge in [-0.1, -0.05) is 18.2 Å². The number of hydrogen-bond donors (Lipinski definition) is 2. The number of carbonyl (C=O) groups excluding carboxylic acids is 1. The summed E-state index contributed by atoms with van der Waals surface area (Å²) in [4.78, 5) is 22.2. The topological polar surface area (TPSA) is 89.6 Å². The average Bonchev–Trinajstić information content (AvgIpc) is 2.37. The number of alkyl halides is 1. The van der Waals surface area contributed by atoms with Gasteiger partial charge < -0.3 is 15.6 Å². The van der Waals surface area contributed by atoms with Gasteiger partial charge in [0.05, 0.1) is 18.2 Å². The summed E-state index contributed by atoms with van der Waals surface area (Å²) in [5.74, 6) is -2.32. The lowest BCUT2D eigenvalue weighted by Gasteiger charge is -2.17. The summed E-state index contributed by atoms with van der Waals surface area (Å²) < 4.78 is 18.2. The predicted molar refractivity (Wildman–Crippen MR) is 69.1 cm³/mol. The SMILES string of the molecule is CCOC(=O)C(F)[C@@H](N)c1ccccc1C(=O)O.Cl. The lowest BCUT2D eigenvalue weighted by Crippen LogP contribution is -2.32. The minimum Gasteiger partial charge on any atom is -0.478 e. The number of carbonyl (C=O) groups is 2. The maximum absolute atomic E-state index is 13.7. The molecule has 1 unspecified atom stereocenters. The van der Waals surface area contributed by atoms with Gasteiger partial charge in [0.1, 0.15) is 0 Å². The van der Waals surface area contributed by atoms with Gasteiger partial charge >= 0.3 is 11.9 Å². The Hall–Kier alpha value is -1.66. The van der Waals surface area contributed by atoms with Gasteiger partial charge in [0.2, 0.25) is 6.17 Å². The molecule has 7 heteroatoms. The van der Waals surface area contributed by atoms with Crippen LogP contribution in [0.25, 0.3) is 0 Å². The zero-order valence-electron chi connectivity index (χ0n) is 10.2. The molecule has 5 nitrogen and oxygen atoms in total. The highest BCUT2D eigenvalue weighted by atomic mass is 35.5. The molecular formula is C12H15ClFNO4. The summed E-state index contributed by atoms with van der Waals surface area (Å²) in [5.41, 5.74) is 5.50. The van der Waals surface area contributed by atoms with Crippen molar-refractivity contribution in [3.63, 3.8) is 0 Å². The minimum atomic E-state index is -2.09. The number of aromatic carboxylic acids is 1. The van der Waals surface area contributed by atoms with Crippen molar-refractivity contribution in [3.8, 4) is 0 Å². The molecule has 0 aliphatic heterocycles. The maximum atomic E-state index is 13.7. The van der Waals surface area contributed by atoms with E-state index in [-0.39, 0.29) is 30.1 Å². The number of esters is 1. The number of ether oxygens (including phenoxy) is 1. The van der Waals surface area contributed by atoms with E-state index in [9.17, 15) is 14.0 Å².